The summed E-state index contributed by atoms with van der Waals surface area (Å²) in [6.07, 6.45) is 4.37. The highest BCUT2D eigenvalue weighted by Gasteiger charge is 2.17. The van der Waals surface area contributed by atoms with Gasteiger partial charge in [0, 0.05) is 30.9 Å². The van der Waals surface area contributed by atoms with Gasteiger partial charge in [-0.05, 0) is 44.4 Å². The van der Waals surface area contributed by atoms with Crippen molar-refractivity contribution in [1.82, 2.24) is 5.32 Å². The van der Waals surface area contributed by atoms with E-state index in [1.807, 2.05) is 19.1 Å². The van der Waals surface area contributed by atoms with E-state index in [-0.39, 0.29) is 12.0 Å². The molecule has 0 radical (unpaired) electrons. The summed E-state index contributed by atoms with van der Waals surface area (Å²) in [5.41, 5.74) is 1.54. The van der Waals surface area contributed by atoms with E-state index < -0.39 is 0 Å². The fourth-order valence-corrected chi connectivity index (χ4v) is 2.67. The van der Waals surface area contributed by atoms with E-state index in [1.54, 1.807) is 6.07 Å². The summed E-state index contributed by atoms with van der Waals surface area (Å²) < 4.78 is 16.9. The van der Waals surface area contributed by atoms with E-state index in [1.165, 1.54) is 0 Å². The number of carbonyl (C=O) groups is 1. The molecule has 0 saturated carbocycles. The molecule has 1 amide bonds. The highest BCUT2D eigenvalue weighted by atomic mass is 16.5. The Hall–Kier alpha value is -1.59. The third-order valence-corrected chi connectivity index (χ3v) is 4.04. The van der Waals surface area contributed by atoms with Gasteiger partial charge in [0.15, 0.2) is 0 Å². The van der Waals surface area contributed by atoms with E-state index >= 15 is 0 Å². The number of hydrogen-bond acceptors (Lipinski definition) is 4. The van der Waals surface area contributed by atoms with Crippen LogP contribution in [0.4, 0.5) is 0 Å². The Labute approximate surface area is 144 Å². The van der Waals surface area contributed by atoms with Crippen molar-refractivity contribution in [3.05, 3.63) is 29.3 Å². The molecule has 1 fully saturated rings. The second kappa shape index (κ2) is 10.3. The average Bonchev–Trinajstić information content (AvgIpc) is 3.11. The number of ether oxygens (including phenoxy) is 3. The molecule has 1 aromatic carbocycles. The molecule has 5 nitrogen and oxygen atoms in total. The highest BCUT2D eigenvalue weighted by molar-refractivity contribution is 5.94. The number of nitrogens with one attached hydrogen (secondary N) is 1. The summed E-state index contributed by atoms with van der Waals surface area (Å²) in [7, 11) is 0. The molecule has 1 heterocycles. The van der Waals surface area contributed by atoms with Crippen LogP contribution in [0.1, 0.15) is 55.5 Å². The molecule has 2 rings (SSSR count). The van der Waals surface area contributed by atoms with Gasteiger partial charge < -0.3 is 19.5 Å². The monoisotopic (exact) mass is 335 g/mol. The average molecular weight is 335 g/mol. The molecule has 1 atom stereocenters. The fraction of sp³-hybridized carbons (Fsp3) is 0.632. The number of amides is 1. The number of unbranched alkanes of at least 4 members (excludes halogenated alkanes) is 1. The Balaban J connectivity index is 1.96. The highest BCUT2D eigenvalue weighted by Crippen LogP contribution is 2.22. The van der Waals surface area contributed by atoms with Gasteiger partial charge in [-0.25, -0.2) is 0 Å². The molecule has 1 aliphatic heterocycles. The summed E-state index contributed by atoms with van der Waals surface area (Å²) >= 11 is 0. The predicted octanol–water partition coefficient (Wildman–Crippen LogP) is 3.31. The van der Waals surface area contributed by atoms with Crippen LogP contribution in [0.3, 0.4) is 0 Å². The van der Waals surface area contributed by atoms with Crippen LogP contribution in [0.5, 0.6) is 5.75 Å². The lowest BCUT2D eigenvalue weighted by atomic mass is 10.1. The summed E-state index contributed by atoms with van der Waals surface area (Å²) in [4.78, 5) is 12.4. The number of benzene rings is 1. The summed E-state index contributed by atoms with van der Waals surface area (Å²) in [5, 5.41) is 2.95. The van der Waals surface area contributed by atoms with Gasteiger partial charge in [-0.3, -0.25) is 4.79 Å². The molecule has 0 aliphatic carbocycles. The van der Waals surface area contributed by atoms with Crippen LogP contribution in [0.15, 0.2) is 18.2 Å². The molecule has 1 aliphatic rings. The molecule has 5 heteroatoms. The maximum atomic E-state index is 12.4. The van der Waals surface area contributed by atoms with Gasteiger partial charge in [0.1, 0.15) is 5.75 Å². The summed E-state index contributed by atoms with van der Waals surface area (Å²) in [5.74, 6) is 0.702. The Morgan fingerprint density at radius 1 is 1.38 bits per heavy atom. The van der Waals surface area contributed by atoms with Crippen LogP contribution in [0, 0.1) is 0 Å². The Morgan fingerprint density at radius 3 is 2.96 bits per heavy atom. The lowest BCUT2D eigenvalue weighted by molar-refractivity contribution is 0.0857. The third-order valence-electron chi connectivity index (χ3n) is 4.04. The zero-order valence-electron chi connectivity index (χ0n) is 14.8. The van der Waals surface area contributed by atoms with Gasteiger partial charge >= 0.3 is 0 Å². The van der Waals surface area contributed by atoms with E-state index in [9.17, 15) is 4.79 Å². The molecule has 24 heavy (non-hydrogen) atoms. The van der Waals surface area contributed by atoms with Crippen molar-refractivity contribution < 1.29 is 19.0 Å². The first-order valence-electron chi connectivity index (χ1n) is 8.97. The van der Waals surface area contributed by atoms with E-state index in [4.69, 9.17) is 14.2 Å². The van der Waals surface area contributed by atoms with Crippen LogP contribution in [0.25, 0.3) is 0 Å². The number of rotatable bonds is 10. The minimum absolute atomic E-state index is 0.0802. The molecule has 134 valence electrons. The molecule has 1 N–H and O–H groups in total. The van der Waals surface area contributed by atoms with Crippen LogP contribution < -0.4 is 10.1 Å². The summed E-state index contributed by atoms with van der Waals surface area (Å²) in [6.45, 7) is 7.21. The van der Waals surface area contributed by atoms with Crippen molar-refractivity contribution in [1.29, 1.82) is 0 Å². The van der Waals surface area contributed by atoms with Crippen LogP contribution in [-0.2, 0) is 16.1 Å². The second-order valence-corrected chi connectivity index (χ2v) is 6.01. The lowest BCUT2D eigenvalue weighted by Crippen LogP contribution is -2.31. The van der Waals surface area contributed by atoms with E-state index in [2.05, 4.69) is 12.2 Å². The van der Waals surface area contributed by atoms with Gasteiger partial charge in [0.05, 0.1) is 19.3 Å². The minimum Gasteiger partial charge on any atom is -0.494 e. The van der Waals surface area contributed by atoms with Gasteiger partial charge in [-0.15, -0.1) is 0 Å². The topological polar surface area (TPSA) is 56.8 Å². The van der Waals surface area contributed by atoms with Crippen molar-refractivity contribution in [3.8, 4) is 5.75 Å². The quantitative estimate of drug-likeness (QED) is 0.667. The molecule has 0 bridgehead atoms. The maximum Gasteiger partial charge on any atom is 0.251 e. The van der Waals surface area contributed by atoms with Crippen molar-refractivity contribution in [3.63, 3.8) is 0 Å². The molecular weight excluding hydrogens is 306 g/mol. The summed E-state index contributed by atoms with van der Waals surface area (Å²) in [6, 6.07) is 5.51. The molecule has 0 unspecified atom stereocenters. The first kappa shape index (κ1) is 18.7. The maximum absolute atomic E-state index is 12.4. The molecule has 1 saturated heterocycles. The smallest absolute Gasteiger partial charge is 0.251 e. The largest absolute Gasteiger partial charge is 0.494 e. The zero-order chi connectivity index (χ0) is 17.2. The Bertz CT molecular complexity index is 512. The Kier molecular flexibility index (Phi) is 8.05. The lowest BCUT2D eigenvalue weighted by Gasteiger charge is -2.14. The van der Waals surface area contributed by atoms with Crippen molar-refractivity contribution in [2.45, 2.75) is 52.2 Å². The van der Waals surface area contributed by atoms with Gasteiger partial charge in [-0.1, -0.05) is 13.3 Å². The first-order chi connectivity index (χ1) is 11.7. The zero-order valence-corrected chi connectivity index (χ0v) is 14.8. The first-order valence-corrected chi connectivity index (χ1v) is 8.97. The van der Waals surface area contributed by atoms with Gasteiger partial charge in [0.2, 0.25) is 0 Å². The third kappa shape index (κ3) is 5.80. The predicted molar refractivity (Wildman–Crippen MR) is 93.5 cm³/mol. The normalized spacial score (nSPS) is 17.0. The standard InChI is InChI=1S/C19H29NO4/c1-3-5-10-22-14-16-12-15(8-9-18(16)23-4-2)19(21)20-13-17-7-6-11-24-17/h8-9,12,17H,3-7,10-11,13-14H2,1-2H3,(H,20,21)/t17-/m1/s1. The molecule has 0 aromatic heterocycles. The minimum atomic E-state index is -0.0802. The second-order valence-electron chi connectivity index (χ2n) is 6.01. The fourth-order valence-electron chi connectivity index (χ4n) is 2.67. The van der Waals surface area contributed by atoms with Crippen LogP contribution >= 0.6 is 0 Å². The molecule has 1 aromatic rings. The Morgan fingerprint density at radius 2 is 2.25 bits per heavy atom. The van der Waals surface area contributed by atoms with Crippen LogP contribution in [0.2, 0.25) is 0 Å². The van der Waals surface area contributed by atoms with E-state index in [0.717, 1.165) is 50.2 Å². The van der Waals surface area contributed by atoms with Gasteiger partial charge in [0.25, 0.3) is 5.91 Å². The number of carbonyl (C=O) groups excluding carboxylic acids is 1. The van der Waals surface area contributed by atoms with Crippen molar-refractivity contribution >= 4 is 5.91 Å². The van der Waals surface area contributed by atoms with Gasteiger partial charge in [-0.2, -0.15) is 0 Å². The SMILES string of the molecule is CCCCOCc1cc(C(=O)NC[C@H]2CCCO2)ccc1OCC. The molecular formula is C19H29NO4. The van der Waals surface area contributed by atoms with Crippen molar-refractivity contribution in [2.75, 3.05) is 26.4 Å². The molecule has 0 spiro atoms. The van der Waals surface area contributed by atoms with Crippen molar-refractivity contribution in [2.24, 2.45) is 0 Å². The number of hydrogen-bond donors (Lipinski definition) is 1. The van der Waals surface area contributed by atoms with E-state index in [0.29, 0.717) is 25.3 Å². The van der Waals surface area contributed by atoms with Crippen LogP contribution in [-0.4, -0.2) is 38.4 Å².